The van der Waals surface area contributed by atoms with Crippen LogP contribution >= 0.6 is 11.6 Å². The average molecular weight is 270 g/mol. The Balaban J connectivity index is 2.46. The van der Waals surface area contributed by atoms with Crippen molar-refractivity contribution in [3.05, 3.63) is 28.8 Å². The van der Waals surface area contributed by atoms with Gasteiger partial charge in [0.25, 0.3) is 0 Å². The molecule has 0 aromatic heterocycles. The Hall–Kier alpha value is -1.28. The second-order valence-electron chi connectivity index (χ2n) is 4.10. The lowest BCUT2D eigenvalue weighted by molar-refractivity contribution is -0.0122. The summed E-state index contributed by atoms with van der Waals surface area (Å²) in [7, 11) is 0. The van der Waals surface area contributed by atoms with Crippen molar-refractivity contribution >= 4 is 11.6 Å². The lowest BCUT2D eigenvalue weighted by Gasteiger charge is -2.15. The molecule has 0 aliphatic heterocycles. The molecule has 1 N–H and O–H groups in total. The fraction of sp³-hybridized carbons (Fsp3) is 0.462. The molecule has 0 bridgehead atoms. The molecule has 0 radical (unpaired) electrons. The quantitative estimate of drug-likeness (QED) is 0.861. The van der Waals surface area contributed by atoms with Crippen molar-refractivity contribution in [3.63, 3.8) is 0 Å². The number of halogens is 1. The summed E-state index contributed by atoms with van der Waals surface area (Å²) < 4.78 is 10.6. The summed E-state index contributed by atoms with van der Waals surface area (Å²) in [6.45, 7) is 4.10. The monoisotopic (exact) mass is 269 g/mol. The first kappa shape index (κ1) is 14.8. The molecule has 0 aliphatic rings. The fourth-order valence-corrected chi connectivity index (χ4v) is 1.46. The lowest BCUT2D eigenvalue weighted by Crippen LogP contribution is -2.25. The Labute approximate surface area is 112 Å². The van der Waals surface area contributed by atoms with Gasteiger partial charge in [0.05, 0.1) is 29.4 Å². The summed E-state index contributed by atoms with van der Waals surface area (Å²) in [6, 6.07) is 6.72. The zero-order chi connectivity index (χ0) is 13.5. The van der Waals surface area contributed by atoms with E-state index in [1.807, 2.05) is 19.9 Å². The van der Waals surface area contributed by atoms with Crippen molar-refractivity contribution in [3.8, 4) is 11.8 Å². The average Bonchev–Trinajstić information content (AvgIpc) is 2.34. The van der Waals surface area contributed by atoms with Gasteiger partial charge in [-0.2, -0.15) is 5.26 Å². The van der Waals surface area contributed by atoms with Crippen LogP contribution < -0.4 is 4.74 Å². The highest BCUT2D eigenvalue weighted by atomic mass is 35.5. The predicted octanol–water partition coefficient (Wildman–Crippen LogP) is 2.38. The second-order valence-corrected chi connectivity index (χ2v) is 4.51. The molecule has 0 amide bonds. The number of aliphatic hydroxyl groups is 1. The Kier molecular flexibility index (Phi) is 5.93. The predicted molar refractivity (Wildman–Crippen MR) is 68.8 cm³/mol. The van der Waals surface area contributed by atoms with Crippen LogP contribution in [0.3, 0.4) is 0 Å². The van der Waals surface area contributed by atoms with Crippen molar-refractivity contribution in [2.75, 3.05) is 13.2 Å². The van der Waals surface area contributed by atoms with Gasteiger partial charge in [-0.15, -0.1) is 0 Å². The molecule has 0 aliphatic carbocycles. The van der Waals surface area contributed by atoms with Crippen molar-refractivity contribution < 1.29 is 14.6 Å². The number of benzene rings is 1. The minimum absolute atomic E-state index is 0.0677. The number of hydrogen-bond acceptors (Lipinski definition) is 4. The van der Waals surface area contributed by atoms with E-state index in [1.165, 1.54) is 6.07 Å². The van der Waals surface area contributed by atoms with Crippen molar-refractivity contribution in [2.24, 2.45) is 0 Å². The summed E-state index contributed by atoms with van der Waals surface area (Å²) in [4.78, 5) is 0. The minimum atomic E-state index is -0.709. The van der Waals surface area contributed by atoms with Gasteiger partial charge in [-0.3, -0.25) is 0 Å². The lowest BCUT2D eigenvalue weighted by atomic mass is 10.2. The van der Waals surface area contributed by atoms with E-state index in [0.717, 1.165) is 0 Å². The first-order chi connectivity index (χ1) is 8.52. The van der Waals surface area contributed by atoms with Gasteiger partial charge >= 0.3 is 0 Å². The molecule has 4 nitrogen and oxygen atoms in total. The maximum absolute atomic E-state index is 9.61. The molecule has 0 fully saturated rings. The Morgan fingerprint density at radius 1 is 1.39 bits per heavy atom. The molecule has 1 atom stereocenters. The van der Waals surface area contributed by atoms with Crippen LogP contribution in [-0.2, 0) is 4.74 Å². The molecule has 0 spiro atoms. The number of ether oxygens (including phenoxy) is 2. The van der Waals surface area contributed by atoms with Gasteiger partial charge in [-0.05, 0) is 32.0 Å². The largest absolute Gasteiger partial charge is 0.489 e. The van der Waals surface area contributed by atoms with Crippen LogP contribution in [0.2, 0.25) is 5.02 Å². The molecule has 1 unspecified atom stereocenters. The summed E-state index contributed by atoms with van der Waals surface area (Å²) in [5, 5.41) is 18.6. The Bertz CT molecular complexity index is 429. The molecule has 0 heterocycles. The molecule has 18 heavy (non-hydrogen) atoms. The van der Waals surface area contributed by atoms with E-state index in [2.05, 4.69) is 0 Å². The van der Waals surface area contributed by atoms with Crippen LogP contribution in [-0.4, -0.2) is 30.5 Å². The number of nitrogens with zero attached hydrogens (tertiary/aromatic N) is 1. The molecule has 0 saturated heterocycles. The van der Waals surface area contributed by atoms with E-state index < -0.39 is 6.10 Å². The first-order valence-electron chi connectivity index (χ1n) is 5.65. The number of nitriles is 1. The summed E-state index contributed by atoms with van der Waals surface area (Å²) in [5.41, 5.74) is 0.469. The van der Waals surface area contributed by atoms with Gasteiger partial charge in [0.2, 0.25) is 0 Å². The normalized spacial score (nSPS) is 12.2. The third-order valence-corrected chi connectivity index (χ3v) is 2.41. The standard InChI is InChI=1S/C13H16ClNO3/c1-9(2)17-7-11(16)8-18-13-4-3-10(6-15)5-12(13)14/h3-5,9,11,16H,7-8H2,1-2H3. The minimum Gasteiger partial charge on any atom is -0.489 e. The molecular weight excluding hydrogens is 254 g/mol. The maximum Gasteiger partial charge on any atom is 0.138 e. The molecular formula is C13H16ClNO3. The van der Waals surface area contributed by atoms with Crippen LogP contribution in [0.15, 0.2) is 18.2 Å². The van der Waals surface area contributed by atoms with Crippen molar-refractivity contribution in [1.29, 1.82) is 5.26 Å². The Morgan fingerprint density at radius 2 is 2.11 bits per heavy atom. The summed E-state index contributed by atoms with van der Waals surface area (Å²) in [6.07, 6.45) is -0.641. The smallest absolute Gasteiger partial charge is 0.138 e. The van der Waals surface area contributed by atoms with Gasteiger partial charge in [-0.25, -0.2) is 0 Å². The zero-order valence-electron chi connectivity index (χ0n) is 10.4. The van der Waals surface area contributed by atoms with Crippen LogP contribution in [0, 0.1) is 11.3 Å². The molecule has 0 saturated carbocycles. The van der Waals surface area contributed by atoms with E-state index in [-0.39, 0.29) is 19.3 Å². The molecule has 1 aromatic rings. The van der Waals surface area contributed by atoms with Gasteiger partial charge in [-0.1, -0.05) is 11.6 Å². The summed E-state index contributed by atoms with van der Waals surface area (Å²) in [5.74, 6) is 0.444. The highest BCUT2D eigenvalue weighted by Gasteiger charge is 2.09. The van der Waals surface area contributed by atoms with Crippen LogP contribution in [0.25, 0.3) is 0 Å². The van der Waals surface area contributed by atoms with Crippen LogP contribution in [0.4, 0.5) is 0 Å². The van der Waals surface area contributed by atoms with Gasteiger partial charge < -0.3 is 14.6 Å². The van der Waals surface area contributed by atoms with Gasteiger partial charge in [0, 0.05) is 0 Å². The second kappa shape index (κ2) is 7.22. The third kappa shape index (κ3) is 4.92. The van der Waals surface area contributed by atoms with E-state index in [0.29, 0.717) is 16.3 Å². The van der Waals surface area contributed by atoms with Crippen molar-refractivity contribution in [1.82, 2.24) is 0 Å². The Morgan fingerprint density at radius 3 is 2.67 bits per heavy atom. The topological polar surface area (TPSA) is 62.5 Å². The van der Waals surface area contributed by atoms with E-state index in [1.54, 1.807) is 12.1 Å². The van der Waals surface area contributed by atoms with Gasteiger partial charge in [0.1, 0.15) is 18.5 Å². The maximum atomic E-state index is 9.61. The molecule has 1 rings (SSSR count). The van der Waals surface area contributed by atoms with Gasteiger partial charge in [0.15, 0.2) is 0 Å². The first-order valence-corrected chi connectivity index (χ1v) is 6.03. The summed E-state index contributed by atoms with van der Waals surface area (Å²) >= 11 is 5.93. The van der Waals surface area contributed by atoms with Crippen molar-refractivity contribution in [2.45, 2.75) is 26.1 Å². The third-order valence-electron chi connectivity index (χ3n) is 2.11. The molecule has 1 aromatic carbocycles. The number of hydrogen-bond donors (Lipinski definition) is 1. The molecule has 98 valence electrons. The van der Waals surface area contributed by atoms with E-state index in [4.69, 9.17) is 26.3 Å². The van der Waals surface area contributed by atoms with E-state index >= 15 is 0 Å². The fourth-order valence-electron chi connectivity index (χ4n) is 1.23. The molecule has 5 heteroatoms. The van der Waals surface area contributed by atoms with Crippen LogP contribution in [0.5, 0.6) is 5.75 Å². The highest BCUT2D eigenvalue weighted by Crippen LogP contribution is 2.25. The number of aliphatic hydroxyl groups excluding tert-OH is 1. The highest BCUT2D eigenvalue weighted by molar-refractivity contribution is 6.32. The SMILES string of the molecule is CC(C)OCC(O)COc1ccc(C#N)cc1Cl. The zero-order valence-corrected chi connectivity index (χ0v) is 11.1. The number of rotatable bonds is 6. The van der Waals surface area contributed by atoms with E-state index in [9.17, 15) is 5.11 Å². The van der Waals surface area contributed by atoms with Crippen LogP contribution in [0.1, 0.15) is 19.4 Å².